The van der Waals surface area contributed by atoms with E-state index in [-0.39, 0.29) is 11.6 Å². The zero-order valence-corrected chi connectivity index (χ0v) is 14.7. The quantitative estimate of drug-likeness (QED) is 0.888. The molecule has 21 heavy (non-hydrogen) atoms. The van der Waals surface area contributed by atoms with Gasteiger partial charge in [0.1, 0.15) is 0 Å². The van der Waals surface area contributed by atoms with E-state index in [1.54, 1.807) is 0 Å². The molecule has 1 fully saturated rings. The van der Waals surface area contributed by atoms with E-state index in [9.17, 15) is 0 Å². The summed E-state index contributed by atoms with van der Waals surface area (Å²) in [6.07, 6.45) is 5.57. The predicted molar refractivity (Wildman–Crippen MR) is 92.2 cm³/mol. The van der Waals surface area contributed by atoms with Crippen molar-refractivity contribution in [2.75, 3.05) is 14.1 Å². The van der Waals surface area contributed by atoms with Gasteiger partial charge in [-0.25, -0.2) is 0 Å². The highest BCUT2D eigenvalue weighted by Crippen LogP contribution is 2.38. The molecule has 0 saturated heterocycles. The second-order valence-electron chi connectivity index (χ2n) is 6.73. The minimum absolute atomic E-state index is 0.0657. The summed E-state index contributed by atoms with van der Waals surface area (Å²) < 4.78 is 0. The highest BCUT2D eigenvalue weighted by atomic mass is 35.5. The summed E-state index contributed by atoms with van der Waals surface area (Å²) in [6.45, 7) is 2.33. The predicted octanol–water partition coefficient (Wildman–Crippen LogP) is 4.37. The molecule has 1 saturated carbocycles. The molecule has 0 heterocycles. The molecule has 0 bridgehead atoms. The topological polar surface area (TPSA) is 29.3 Å². The van der Waals surface area contributed by atoms with Gasteiger partial charge in [0.25, 0.3) is 0 Å². The maximum absolute atomic E-state index is 6.64. The van der Waals surface area contributed by atoms with Gasteiger partial charge in [-0.1, -0.05) is 30.1 Å². The second kappa shape index (κ2) is 6.87. The Morgan fingerprint density at radius 1 is 1.29 bits per heavy atom. The Kier molecular flexibility index (Phi) is 5.59. The van der Waals surface area contributed by atoms with Crippen LogP contribution in [0.15, 0.2) is 18.2 Å². The van der Waals surface area contributed by atoms with Crippen molar-refractivity contribution in [1.29, 1.82) is 0 Å². The molecule has 1 unspecified atom stereocenters. The number of halogens is 2. The van der Waals surface area contributed by atoms with Gasteiger partial charge in [-0.3, -0.25) is 0 Å². The fraction of sp³-hybridized carbons (Fsp3) is 0.647. The summed E-state index contributed by atoms with van der Waals surface area (Å²) in [5.41, 5.74) is 7.76. The molecule has 2 N–H and O–H groups in total. The van der Waals surface area contributed by atoms with Crippen LogP contribution in [0.2, 0.25) is 10.0 Å². The van der Waals surface area contributed by atoms with Gasteiger partial charge in [0.2, 0.25) is 0 Å². The van der Waals surface area contributed by atoms with Gasteiger partial charge in [0, 0.05) is 21.6 Å². The summed E-state index contributed by atoms with van der Waals surface area (Å²) in [5, 5.41) is 1.48. The zero-order valence-electron chi connectivity index (χ0n) is 13.2. The Labute approximate surface area is 138 Å². The Balaban J connectivity index is 2.19. The van der Waals surface area contributed by atoms with Gasteiger partial charge < -0.3 is 10.6 Å². The minimum atomic E-state index is 0.0657. The maximum Gasteiger partial charge on any atom is 0.0439 e. The van der Waals surface area contributed by atoms with Crippen LogP contribution in [0.4, 0.5) is 0 Å². The molecule has 0 spiro atoms. The first-order chi connectivity index (χ1) is 9.85. The Morgan fingerprint density at radius 3 is 2.48 bits per heavy atom. The summed E-state index contributed by atoms with van der Waals surface area (Å²) in [4.78, 5) is 2.32. The largest absolute Gasteiger partial charge is 0.326 e. The van der Waals surface area contributed by atoms with Crippen LogP contribution in [-0.2, 0) is 6.42 Å². The molecule has 1 aliphatic rings. The monoisotopic (exact) mass is 328 g/mol. The van der Waals surface area contributed by atoms with Gasteiger partial charge in [-0.05, 0) is 75.9 Å². The van der Waals surface area contributed by atoms with Gasteiger partial charge >= 0.3 is 0 Å². The lowest BCUT2D eigenvalue weighted by atomic mass is 9.71. The van der Waals surface area contributed by atoms with Crippen LogP contribution in [0.3, 0.4) is 0 Å². The number of nitrogens with two attached hydrogens (primary N) is 1. The summed E-state index contributed by atoms with van der Waals surface area (Å²) in [7, 11) is 4.30. The van der Waals surface area contributed by atoms with Gasteiger partial charge in [-0.15, -0.1) is 0 Å². The molecule has 118 valence electrons. The third kappa shape index (κ3) is 3.73. The highest BCUT2D eigenvalue weighted by Gasteiger charge is 2.41. The molecular formula is C17H26Cl2N2. The van der Waals surface area contributed by atoms with Crippen molar-refractivity contribution in [1.82, 2.24) is 4.90 Å². The van der Waals surface area contributed by atoms with Crippen LogP contribution in [0.25, 0.3) is 0 Å². The average molecular weight is 329 g/mol. The van der Waals surface area contributed by atoms with Gasteiger partial charge in [-0.2, -0.15) is 0 Å². The Morgan fingerprint density at radius 2 is 1.90 bits per heavy atom. The first-order valence-electron chi connectivity index (χ1n) is 7.72. The molecule has 1 aliphatic carbocycles. The molecule has 0 amide bonds. The van der Waals surface area contributed by atoms with E-state index in [0.717, 1.165) is 40.8 Å². The van der Waals surface area contributed by atoms with Crippen LogP contribution >= 0.6 is 23.2 Å². The van der Waals surface area contributed by atoms with E-state index in [1.807, 2.05) is 18.2 Å². The Hall–Kier alpha value is -0.280. The van der Waals surface area contributed by atoms with E-state index in [0.29, 0.717) is 0 Å². The second-order valence-corrected chi connectivity index (χ2v) is 7.57. The molecule has 4 heteroatoms. The fourth-order valence-corrected chi connectivity index (χ4v) is 3.93. The lowest BCUT2D eigenvalue weighted by Gasteiger charge is -2.48. The van der Waals surface area contributed by atoms with Crippen molar-refractivity contribution in [3.63, 3.8) is 0 Å². The van der Waals surface area contributed by atoms with Crippen LogP contribution in [0.1, 0.15) is 38.2 Å². The normalized spacial score (nSPS) is 27.9. The van der Waals surface area contributed by atoms with E-state index >= 15 is 0 Å². The van der Waals surface area contributed by atoms with E-state index in [4.69, 9.17) is 28.9 Å². The number of rotatable bonds is 4. The molecule has 1 aromatic rings. The third-order valence-corrected chi connectivity index (χ3v) is 5.77. The molecule has 2 nitrogen and oxygen atoms in total. The SMILES string of the molecule is CC1CCC(C(N)Cc2cc(Cl)ccc2Cl)(N(C)C)CC1. The first-order valence-corrected chi connectivity index (χ1v) is 8.47. The number of benzene rings is 1. The summed E-state index contributed by atoms with van der Waals surface area (Å²) in [6, 6.07) is 5.69. The molecular weight excluding hydrogens is 303 g/mol. The van der Waals surface area contributed by atoms with Crippen molar-refractivity contribution < 1.29 is 0 Å². The standard InChI is InChI=1S/C17H26Cl2N2/c1-12-6-8-17(9-7-12,21(2)3)16(20)11-13-10-14(18)4-5-15(13)19/h4-5,10,12,16H,6-9,11,20H2,1-3H3. The van der Waals surface area contributed by atoms with Crippen molar-refractivity contribution in [2.45, 2.75) is 50.6 Å². The fourth-order valence-electron chi connectivity index (χ4n) is 3.54. The molecule has 0 aliphatic heterocycles. The number of nitrogens with zero attached hydrogens (tertiary/aromatic N) is 1. The average Bonchev–Trinajstić information content (AvgIpc) is 2.43. The van der Waals surface area contributed by atoms with Crippen LogP contribution < -0.4 is 5.73 Å². The highest BCUT2D eigenvalue weighted by molar-refractivity contribution is 6.33. The molecule has 0 radical (unpaired) electrons. The minimum Gasteiger partial charge on any atom is -0.326 e. The van der Waals surface area contributed by atoms with E-state index < -0.39 is 0 Å². The molecule has 0 aromatic heterocycles. The third-order valence-electron chi connectivity index (χ3n) is 5.17. The van der Waals surface area contributed by atoms with Crippen molar-refractivity contribution in [2.24, 2.45) is 11.7 Å². The van der Waals surface area contributed by atoms with Crippen molar-refractivity contribution in [3.05, 3.63) is 33.8 Å². The van der Waals surface area contributed by atoms with E-state index in [2.05, 4.69) is 25.9 Å². The van der Waals surface area contributed by atoms with Gasteiger partial charge in [0.15, 0.2) is 0 Å². The lowest BCUT2D eigenvalue weighted by Crippen LogP contribution is -2.59. The summed E-state index contributed by atoms with van der Waals surface area (Å²) >= 11 is 12.4. The maximum atomic E-state index is 6.64. The summed E-state index contributed by atoms with van der Waals surface area (Å²) in [5.74, 6) is 0.806. The van der Waals surface area contributed by atoms with E-state index in [1.165, 1.54) is 12.8 Å². The van der Waals surface area contributed by atoms with Crippen molar-refractivity contribution in [3.8, 4) is 0 Å². The Bertz CT molecular complexity index is 480. The lowest BCUT2D eigenvalue weighted by molar-refractivity contribution is 0.0568. The molecule has 1 aromatic carbocycles. The van der Waals surface area contributed by atoms with Crippen LogP contribution in [0, 0.1) is 5.92 Å². The number of hydrogen-bond donors (Lipinski definition) is 1. The van der Waals surface area contributed by atoms with Crippen LogP contribution in [-0.4, -0.2) is 30.6 Å². The van der Waals surface area contributed by atoms with Crippen molar-refractivity contribution >= 4 is 23.2 Å². The smallest absolute Gasteiger partial charge is 0.0439 e. The first kappa shape index (κ1) is 17.1. The van der Waals surface area contributed by atoms with Crippen LogP contribution in [0.5, 0.6) is 0 Å². The number of hydrogen-bond acceptors (Lipinski definition) is 2. The zero-order chi connectivity index (χ0) is 15.6. The number of likely N-dealkylation sites (N-methyl/N-ethyl adjacent to an activating group) is 1. The van der Waals surface area contributed by atoms with Gasteiger partial charge in [0.05, 0.1) is 0 Å². The molecule has 1 atom stereocenters. The molecule has 2 rings (SSSR count).